The van der Waals surface area contributed by atoms with Gasteiger partial charge in [0.2, 0.25) is 5.91 Å². The van der Waals surface area contributed by atoms with Gasteiger partial charge in [0, 0.05) is 31.4 Å². The lowest BCUT2D eigenvalue weighted by atomic mass is 10.2. The van der Waals surface area contributed by atoms with E-state index in [0.717, 1.165) is 41.9 Å². The first kappa shape index (κ1) is 14.9. The molecule has 0 radical (unpaired) electrons. The Hall–Kier alpha value is -2.63. The lowest BCUT2D eigenvalue weighted by Crippen LogP contribution is -2.31. The zero-order chi connectivity index (χ0) is 16.5. The number of nitrogens with one attached hydrogen (secondary N) is 1. The Morgan fingerprint density at radius 1 is 1.33 bits per heavy atom. The van der Waals surface area contributed by atoms with Gasteiger partial charge in [0.05, 0.1) is 23.4 Å². The van der Waals surface area contributed by atoms with Gasteiger partial charge in [-0.25, -0.2) is 9.97 Å². The summed E-state index contributed by atoms with van der Waals surface area (Å²) in [5.41, 5.74) is 3.08. The Kier molecular flexibility index (Phi) is 3.80. The average Bonchev–Trinajstić information content (AvgIpc) is 3.31. The van der Waals surface area contributed by atoms with Crippen LogP contribution in [0.4, 0.5) is 0 Å². The number of amides is 1. The van der Waals surface area contributed by atoms with Crippen LogP contribution in [-0.4, -0.2) is 36.9 Å². The number of likely N-dealkylation sites (tertiary alicyclic amines) is 1. The molecule has 1 amide bonds. The van der Waals surface area contributed by atoms with Crippen molar-refractivity contribution in [1.29, 1.82) is 0 Å². The molecule has 1 N–H and O–H groups in total. The van der Waals surface area contributed by atoms with Gasteiger partial charge in [-0.05, 0) is 31.9 Å². The van der Waals surface area contributed by atoms with E-state index in [9.17, 15) is 4.79 Å². The Labute approximate surface area is 140 Å². The van der Waals surface area contributed by atoms with Crippen molar-refractivity contribution in [3.05, 3.63) is 48.3 Å². The van der Waals surface area contributed by atoms with Gasteiger partial charge in [-0.15, -0.1) is 0 Å². The molecule has 1 aliphatic rings. The molecule has 0 bridgehead atoms. The van der Waals surface area contributed by atoms with E-state index in [0.29, 0.717) is 13.0 Å². The number of hydrogen-bond acceptors (Lipinski definition) is 3. The van der Waals surface area contributed by atoms with E-state index in [2.05, 4.69) is 19.5 Å². The minimum absolute atomic E-state index is 0.0886. The Balaban J connectivity index is 1.45. The number of hydrogen-bond donors (Lipinski definition) is 1. The van der Waals surface area contributed by atoms with Gasteiger partial charge in [0.15, 0.2) is 0 Å². The van der Waals surface area contributed by atoms with Crippen LogP contribution in [0.1, 0.15) is 36.8 Å². The molecule has 3 aromatic rings. The van der Waals surface area contributed by atoms with E-state index in [-0.39, 0.29) is 11.9 Å². The number of carbonyl (C=O) groups excluding carboxylic acids is 1. The molecule has 1 aromatic carbocycles. The van der Waals surface area contributed by atoms with Crippen LogP contribution in [0.2, 0.25) is 0 Å². The third-order valence-electron chi connectivity index (χ3n) is 4.71. The molecule has 1 aliphatic heterocycles. The third kappa shape index (κ3) is 2.68. The van der Waals surface area contributed by atoms with Gasteiger partial charge in [0.25, 0.3) is 0 Å². The largest absolute Gasteiger partial charge is 0.344 e. The summed E-state index contributed by atoms with van der Waals surface area (Å²) in [5, 5.41) is 0. The quantitative estimate of drug-likeness (QED) is 0.803. The molecule has 2 aromatic heterocycles. The van der Waals surface area contributed by atoms with Gasteiger partial charge >= 0.3 is 0 Å². The summed E-state index contributed by atoms with van der Waals surface area (Å²) in [7, 11) is 0. The molecule has 3 heterocycles. The molecule has 0 unspecified atom stereocenters. The maximum Gasteiger partial charge on any atom is 0.224 e. The smallest absolute Gasteiger partial charge is 0.224 e. The van der Waals surface area contributed by atoms with Crippen LogP contribution >= 0.6 is 0 Å². The second-order valence-corrected chi connectivity index (χ2v) is 6.37. The summed E-state index contributed by atoms with van der Waals surface area (Å²) < 4.78 is 2.05. The van der Waals surface area contributed by atoms with Gasteiger partial charge in [-0.2, -0.15) is 0 Å². The average molecular weight is 323 g/mol. The number of aromatic amines is 1. The summed E-state index contributed by atoms with van der Waals surface area (Å²) in [4.78, 5) is 26.8. The standard InChI is InChI=1S/C18H21N5O/c1-13-11-19-18(21-13)16-7-4-9-23(16)17(24)8-10-22-12-20-14-5-2-3-6-15(14)22/h2-3,5-6,11-12,16H,4,7-10H2,1H3,(H,19,21)/t16-/m1/s1. The fourth-order valence-corrected chi connectivity index (χ4v) is 3.50. The van der Waals surface area contributed by atoms with Gasteiger partial charge in [-0.1, -0.05) is 12.1 Å². The number of fused-ring (bicyclic) bond motifs is 1. The van der Waals surface area contributed by atoms with Gasteiger partial charge in [-0.3, -0.25) is 4.79 Å². The van der Waals surface area contributed by atoms with Crippen LogP contribution in [0.5, 0.6) is 0 Å². The number of carbonyl (C=O) groups is 1. The highest BCUT2D eigenvalue weighted by atomic mass is 16.2. The number of para-hydroxylation sites is 2. The second kappa shape index (κ2) is 6.11. The van der Waals surface area contributed by atoms with E-state index >= 15 is 0 Å². The van der Waals surface area contributed by atoms with Crippen LogP contribution in [0.25, 0.3) is 11.0 Å². The first-order valence-electron chi connectivity index (χ1n) is 8.43. The van der Waals surface area contributed by atoms with Crippen LogP contribution < -0.4 is 0 Å². The number of nitrogens with zero attached hydrogens (tertiary/aromatic N) is 4. The highest BCUT2D eigenvalue weighted by Crippen LogP contribution is 2.30. The molecule has 6 heteroatoms. The molecule has 0 aliphatic carbocycles. The Morgan fingerprint density at radius 3 is 3.04 bits per heavy atom. The lowest BCUT2D eigenvalue weighted by Gasteiger charge is -2.23. The number of aryl methyl sites for hydroxylation is 2. The molecule has 0 saturated carbocycles. The van der Waals surface area contributed by atoms with Crippen LogP contribution in [0.15, 0.2) is 36.8 Å². The molecule has 124 valence electrons. The Morgan fingerprint density at radius 2 is 2.21 bits per heavy atom. The van der Waals surface area contributed by atoms with Gasteiger partial charge < -0.3 is 14.5 Å². The fourth-order valence-electron chi connectivity index (χ4n) is 3.50. The maximum atomic E-state index is 12.7. The zero-order valence-corrected chi connectivity index (χ0v) is 13.8. The normalized spacial score (nSPS) is 17.7. The van der Waals surface area contributed by atoms with E-state index in [4.69, 9.17) is 0 Å². The highest BCUT2D eigenvalue weighted by Gasteiger charge is 2.31. The van der Waals surface area contributed by atoms with Crippen LogP contribution in [-0.2, 0) is 11.3 Å². The van der Waals surface area contributed by atoms with Crippen molar-refractivity contribution < 1.29 is 4.79 Å². The highest BCUT2D eigenvalue weighted by molar-refractivity contribution is 5.78. The minimum atomic E-state index is 0.0886. The topological polar surface area (TPSA) is 66.8 Å². The number of benzene rings is 1. The fraction of sp³-hybridized carbons (Fsp3) is 0.389. The van der Waals surface area contributed by atoms with Crippen molar-refractivity contribution in [2.24, 2.45) is 0 Å². The number of aromatic nitrogens is 4. The SMILES string of the molecule is Cc1cnc([C@H]2CCCN2C(=O)CCn2cnc3ccccc32)[nH]1. The predicted octanol–water partition coefficient (Wildman–Crippen LogP) is 2.82. The summed E-state index contributed by atoms with van der Waals surface area (Å²) in [6.45, 7) is 3.45. The lowest BCUT2D eigenvalue weighted by molar-refractivity contribution is -0.132. The van der Waals surface area contributed by atoms with Crippen molar-refractivity contribution in [3.8, 4) is 0 Å². The van der Waals surface area contributed by atoms with Crippen molar-refractivity contribution in [3.63, 3.8) is 0 Å². The van der Waals surface area contributed by atoms with E-state index in [1.165, 1.54) is 0 Å². The molecule has 1 fully saturated rings. The van der Waals surface area contributed by atoms with Crippen molar-refractivity contribution in [2.75, 3.05) is 6.54 Å². The molecule has 0 spiro atoms. The number of rotatable bonds is 4. The monoisotopic (exact) mass is 323 g/mol. The summed E-state index contributed by atoms with van der Waals surface area (Å²) in [6.07, 6.45) is 6.14. The van der Waals surface area contributed by atoms with Crippen LogP contribution in [0.3, 0.4) is 0 Å². The van der Waals surface area contributed by atoms with Gasteiger partial charge in [0.1, 0.15) is 5.82 Å². The van der Waals surface area contributed by atoms with E-state index in [1.54, 1.807) is 0 Å². The summed E-state index contributed by atoms with van der Waals surface area (Å²) in [6, 6.07) is 8.09. The first-order chi connectivity index (χ1) is 11.7. The molecule has 1 saturated heterocycles. The number of imidazole rings is 2. The van der Waals surface area contributed by atoms with Crippen LogP contribution in [0, 0.1) is 6.92 Å². The zero-order valence-electron chi connectivity index (χ0n) is 13.8. The number of H-pyrrole nitrogens is 1. The third-order valence-corrected chi connectivity index (χ3v) is 4.71. The van der Waals surface area contributed by atoms with E-state index < -0.39 is 0 Å². The Bertz CT molecular complexity index is 865. The molecular formula is C18H21N5O. The van der Waals surface area contributed by atoms with Crippen molar-refractivity contribution in [2.45, 2.75) is 38.8 Å². The molecular weight excluding hydrogens is 302 g/mol. The summed E-state index contributed by atoms with van der Waals surface area (Å²) >= 11 is 0. The maximum absolute atomic E-state index is 12.7. The molecule has 24 heavy (non-hydrogen) atoms. The molecule has 1 atom stereocenters. The molecule has 4 rings (SSSR count). The minimum Gasteiger partial charge on any atom is -0.344 e. The van der Waals surface area contributed by atoms with E-state index in [1.807, 2.05) is 48.6 Å². The molecule has 6 nitrogen and oxygen atoms in total. The second-order valence-electron chi connectivity index (χ2n) is 6.37. The predicted molar refractivity (Wildman–Crippen MR) is 91.4 cm³/mol. The summed E-state index contributed by atoms with van der Waals surface area (Å²) in [5.74, 6) is 1.09. The van der Waals surface area contributed by atoms with Crippen molar-refractivity contribution >= 4 is 16.9 Å². The van der Waals surface area contributed by atoms with Crippen molar-refractivity contribution in [1.82, 2.24) is 24.4 Å². The first-order valence-corrected chi connectivity index (χ1v) is 8.43.